The van der Waals surface area contributed by atoms with Gasteiger partial charge in [0.25, 0.3) is 0 Å². The van der Waals surface area contributed by atoms with E-state index in [9.17, 15) is 4.79 Å². The van der Waals surface area contributed by atoms with Crippen molar-refractivity contribution in [2.24, 2.45) is 0 Å². The van der Waals surface area contributed by atoms with Crippen molar-refractivity contribution >= 4 is 23.2 Å². The summed E-state index contributed by atoms with van der Waals surface area (Å²) in [7, 11) is 1.66. The molecule has 0 saturated carbocycles. The average molecular weight is 338 g/mol. The van der Waals surface area contributed by atoms with Gasteiger partial charge in [-0.05, 0) is 44.0 Å². The Morgan fingerprint density at radius 1 is 1.48 bits per heavy atom. The quantitative estimate of drug-likeness (QED) is 0.864. The third-order valence-electron chi connectivity index (χ3n) is 4.63. The molecular formula is C17H24ClN3O2. The maximum Gasteiger partial charge on any atom is 0.221 e. The molecule has 1 aromatic rings. The number of benzene rings is 1. The van der Waals surface area contributed by atoms with E-state index in [0.717, 1.165) is 43.9 Å². The fraction of sp³-hybridized carbons (Fsp3) is 0.588. The van der Waals surface area contributed by atoms with E-state index in [1.54, 1.807) is 7.11 Å². The van der Waals surface area contributed by atoms with Gasteiger partial charge in [0.05, 0.1) is 12.8 Å². The minimum absolute atomic E-state index is 0.148. The van der Waals surface area contributed by atoms with Crippen LogP contribution in [0.2, 0.25) is 5.02 Å². The Hall–Kier alpha value is -1.46. The van der Waals surface area contributed by atoms with Gasteiger partial charge in [0.15, 0.2) is 0 Å². The average Bonchev–Trinajstić information content (AvgIpc) is 3.19. The number of nitrogens with one attached hydrogen (secondary N) is 2. The second-order valence-electron chi connectivity index (χ2n) is 6.31. The Kier molecular flexibility index (Phi) is 5.28. The highest BCUT2D eigenvalue weighted by Crippen LogP contribution is 2.33. The number of nitrogens with zero attached hydrogens (tertiary/aromatic N) is 1. The van der Waals surface area contributed by atoms with Crippen molar-refractivity contribution in [2.45, 2.75) is 37.8 Å². The van der Waals surface area contributed by atoms with Crippen molar-refractivity contribution < 1.29 is 9.53 Å². The van der Waals surface area contributed by atoms with Crippen LogP contribution >= 0.6 is 11.6 Å². The van der Waals surface area contributed by atoms with E-state index in [4.69, 9.17) is 16.3 Å². The van der Waals surface area contributed by atoms with Gasteiger partial charge in [-0.2, -0.15) is 0 Å². The lowest BCUT2D eigenvalue weighted by molar-refractivity contribution is -0.122. The first-order chi connectivity index (χ1) is 11.2. The summed E-state index contributed by atoms with van der Waals surface area (Å²) >= 11 is 6.11. The lowest BCUT2D eigenvalue weighted by Gasteiger charge is -2.22. The molecule has 23 heavy (non-hydrogen) atoms. The van der Waals surface area contributed by atoms with Crippen molar-refractivity contribution in [3.8, 4) is 5.75 Å². The number of carbonyl (C=O) groups is 1. The molecular weight excluding hydrogens is 314 g/mol. The van der Waals surface area contributed by atoms with E-state index >= 15 is 0 Å². The van der Waals surface area contributed by atoms with Gasteiger partial charge < -0.3 is 20.3 Å². The van der Waals surface area contributed by atoms with E-state index in [1.807, 2.05) is 18.2 Å². The summed E-state index contributed by atoms with van der Waals surface area (Å²) < 4.78 is 5.42. The molecule has 0 bridgehead atoms. The number of amides is 1. The molecule has 2 unspecified atom stereocenters. The van der Waals surface area contributed by atoms with Crippen LogP contribution in [-0.4, -0.2) is 44.7 Å². The summed E-state index contributed by atoms with van der Waals surface area (Å²) in [6.07, 6.45) is 3.80. The number of halogens is 1. The lowest BCUT2D eigenvalue weighted by atomic mass is 10.1. The highest BCUT2D eigenvalue weighted by Gasteiger charge is 2.27. The minimum atomic E-state index is 0.148. The van der Waals surface area contributed by atoms with Crippen LogP contribution in [0.1, 0.15) is 25.7 Å². The number of methoxy groups -OCH3 is 1. The number of ether oxygens (including phenoxy) is 1. The first-order valence-corrected chi connectivity index (χ1v) is 8.64. The molecule has 5 nitrogen and oxygen atoms in total. The minimum Gasteiger partial charge on any atom is -0.495 e. The summed E-state index contributed by atoms with van der Waals surface area (Å²) in [6.45, 7) is 2.72. The topological polar surface area (TPSA) is 53.6 Å². The molecule has 1 amide bonds. The van der Waals surface area contributed by atoms with Crippen LogP contribution in [0.25, 0.3) is 0 Å². The molecule has 3 rings (SSSR count). The predicted octanol–water partition coefficient (Wildman–Crippen LogP) is 2.19. The summed E-state index contributed by atoms with van der Waals surface area (Å²) in [5.41, 5.74) is 0.995. The Bertz CT molecular complexity index is 561. The van der Waals surface area contributed by atoms with Crippen LogP contribution < -0.4 is 20.3 Å². The van der Waals surface area contributed by atoms with Gasteiger partial charge in [0, 0.05) is 36.6 Å². The van der Waals surface area contributed by atoms with Crippen LogP contribution in [0.15, 0.2) is 18.2 Å². The molecule has 2 aliphatic rings. The summed E-state index contributed by atoms with van der Waals surface area (Å²) in [5, 5.41) is 7.22. The largest absolute Gasteiger partial charge is 0.495 e. The van der Waals surface area contributed by atoms with Crippen LogP contribution in [0.4, 0.5) is 5.69 Å². The van der Waals surface area contributed by atoms with Crippen molar-refractivity contribution in [3.05, 3.63) is 23.2 Å². The molecule has 0 radical (unpaired) electrons. The van der Waals surface area contributed by atoms with Gasteiger partial charge >= 0.3 is 0 Å². The molecule has 2 saturated heterocycles. The van der Waals surface area contributed by atoms with E-state index in [0.29, 0.717) is 17.5 Å². The molecule has 2 aliphatic heterocycles. The number of hydrogen-bond acceptors (Lipinski definition) is 4. The van der Waals surface area contributed by atoms with Gasteiger partial charge in [-0.1, -0.05) is 11.6 Å². The van der Waals surface area contributed by atoms with Crippen molar-refractivity contribution in [1.82, 2.24) is 10.6 Å². The van der Waals surface area contributed by atoms with Crippen LogP contribution in [0, 0.1) is 0 Å². The van der Waals surface area contributed by atoms with E-state index in [1.165, 1.54) is 6.42 Å². The highest BCUT2D eigenvalue weighted by molar-refractivity contribution is 6.30. The van der Waals surface area contributed by atoms with Gasteiger partial charge in [0.2, 0.25) is 5.91 Å². The van der Waals surface area contributed by atoms with E-state index in [2.05, 4.69) is 15.5 Å². The van der Waals surface area contributed by atoms with Crippen molar-refractivity contribution in [2.75, 3.05) is 31.6 Å². The van der Waals surface area contributed by atoms with Crippen molar-refractivity contribution in [3.63, 3.8) is 0 Å². The summed E-state index contributed by atoms with van der Waals surface area (Å²) in [5.74, 6) is 0.964. The third-order valence-corrected chi connectivity index (χ3v) is 4.86. The molecule has 2 atom stereocenters. The maximum absolute atomic E-state index is 12.2. The fourth-order valence-corrected chi connectivity index (χ4v) is 3.61. The number of rotatable bonds is 5. The predicted molar refractivity (Wildman–Crippen MR) is 92.4 cm³/mol. The molecule has 0 spiro atoms. The van der Waals surface area contributed by atoms with Gasteiger partial charge in [0.1, 0.15) is 5.75 Å². The second-order valence-corrected chi connectivity index (χ2v) is 6.75. The Morgan fingerprint density at radius 2 is 2.35 bits per heavy atom. The number of hydrogen-bond donors (Lipinski definition) is 2. The molecule has 0 aliphatic carbocycles. The second kappa shape index (κ2) is 7.41. The smallest absolute Gasteiger partial charge is 0.221 e. The molecule has 126 valence electrons. The number of carbonyl (C=O) groups excluding carboxylic acids is 1. The fourth-order valence-electron chi connectivity index (χ4n) is 3.45. The summed E-state index contributed by atoms with van der Waals surface area (Å²) in [6, 6.07) is 6.17. The number of anilines is 1. The van der Waals surface area contributed by atoms with Gasteiger partial charge in [-0.15, -0.1) is 0 Å². The zero-order valence-electron chi connectivity index (χ0n) is 13.5. The monoisotopic (exact) mass is 337 g/mol. The lowest BCUT2D eigenvalue weighted by Crippen LogP contribution is -2.39. The molecule has 2 fully saturated rings. The Morgan fingerprint density at radius 3 is 3.09 bits per heavy atom. The van der Waals surface area contributed by atoms with Gasteiger partial charge in [-0.25, -0.2) is 0 Å². The molecule has 2 N–H and O–H groups in total. The van der Waals surface area contributed by atoms with Crippen LogP contribution in [0.5, 0.6) is 5.75 Å². The van der Waals surface area contributed by atoms with Crippen molar-refractivity contribution in [1.29, 1.82) is 0 Å². The van der Waals surface area contributed by atoms with Gasteiger partial charge in [-0.3, -0.25) is 4.79 Å². The summed E-state index contributed by atoms with van der Waals surface area (Å²) in [4.78, 5) is 14.4. The molecule has 2 heterocycles. The zero-order valence-corrected chi connectivity index (χ0v) is 14.2. The Labute approximate surface area is 142 Å². The first kappa shape index (κ1) is 16.4. The first-order valence-electron chi connectivity index (χ1n) is 8.27. The Balaban J connectivity index is 1.56. The van der Waals surface area contributed by atoms with Crippen LogP contribution in [0.3, 0.4) is 0 Å². The van der Waals surface area contributed by atoms with Crippen LogP contribution in [-0.2, 0) is 4.79 Å². The molecule has 6 heteroatoms. The third kappa shape index (κ3) is 4.09. The standard InChI is InChI=1S/C17H24ClN3O2/c1-23-16-5-4-12(18)9-15(16)21-8-6-14(11-21)20-17(22)10-13-3-2-7-19-13/h4-5,9,13-14,19H,2-3,6-8,10-11H2,1H3,(H,20,22). The molecule has 1 aromatic carbocycles. The van der Waals surface area contributed by atoms with E-state index < -0.39 is 0 Å². The molecule has 0 aromatic heterocycles. The maximum atomic E-state index is 12.2. The van der Waals surface area contributed by atoms with E-state index in [-0.39, 0.29) is 11.9 Å². The highest BCUT2D eigenvalue weighted by atomic mass is 35.5. The normalized spacial score (nSPS) is 24.0. The SMILES string of the molecule is COc1ccc(Cl)cc1N1CCC(NC(=O)CC2CCCN2)C1. The zero-order chi connectivity index (χ0) is 16.2.